The van der Waals surface area contributed by atoms with Gasteiger partial charge in [0.15, 0.2) is 0 Å². The lowest BCUT2D eigenvalue weighted by Gasteiger charge is -2.33. The molecule has 0 atom stereocenters. The highest BCUT2D eigenvalue weighted by Crippen LogP contribution is 2.17. The Morgan fingerprint density at radius 2 is 1.88 bits per heavy atom. The van der Waals surface area contributed by atoms with Crippen molar-refractivity contribution in [3.05, 3.63) is 0 Å². The van der Waals surface area contributed by atoms with Crippen molar-refractivity contribution in [1.29, 1.82) is 0 Å². The SMILES string of the molecule is CCC(CC)CN1CCC(OCCBr)CC1. The Bertz CT molecular complexity index is 165. The second-order valence-corrected chi connectivity index (χ2v) is 5.54. The Balaban J connectivity index is 2.16. The number of hydrogen-bond donors (Lipinski definition) is 0. The van der Waals surface area contributed by atoms with E-state index in [0.29, 0.717) is 6.10 Å². The summed E-state index contributed by atoms with van der Waals surface area (Å²) in [5, 5.41) is 0.959. The predicted molar refractivity (Wildman–Crippen MR) is 73.3 cm³/mol. The zero-order valence-corrected chi connectivity index (χ0v) is 12.3. The molecule has 0 spiro atoms. The number of rotatable bonds is 7. The summed E-state index contributed by atoms with van der Waals surface area (Å²) in [6, 6.07) is 0. The van der Waals surface area contributed by atoms with Crippen molar-refractivity contribution in [3.8, 4) is 0 Å². The number of halogens is 1. The van der Waals surface area contributed by atoms with Crippen molar-refractivity contribution in [3.63, 3.8) is 0 Å². The van der Waals surface area contributed by atoms with Gasteiger partial charge >= 0.3 is 0 Å². The van der Waals surface area contributed by atoms with Crippen LogP contribution < -0.4 is 0 Å². The van der Waals surface area contributed by atoms with Gasteiger partial charge in [0, 0.05) is 25.0 Å². The normalized spacial score (nSPS) is 19.5. The van der Waals surface area contributed by atoms with E-state index in [1.54, 1.807) is 0 Å². The number of ether oxygens (including phenoxy) is 1. The molecule has 0 aromatic heterocycles. The van der Waals surface area contributed by atoms with Crippen LogP contribution in [0, 0.1) is 5.92 Å². The highest BCUT2D eigenvalue weighted by molar-refractivity contribution is 9.09. The molecule has 2 nitrogen and oxygen atoms in total. The third-order valence-corrected chi connectivity index (χ3v) is 3.96. The molecule has 0 bridgehead atoms. The fraction of sp³-hybridized carbons (Fsp3) is 1.00. The van der Waals surface area contributed by atoms with Gasteiger partial charge in [-0.1, -0.05) is 42.6 Å². The molecule has 0 radical (unpaired) electrons. The third-order valence-electron chi connectivity index (χ3n) is 3.64. The summed E-state index contributed by atoms with van der Waals surface area (Å²) in [6.07, 6.45) is 5.57. The van der Waals surface area contributed by atoms with Crippen molar-refractivity contribution in [2.75, 3.05) is 31.6 Å². The molecule has 16 heavy (non-hydrogen) atoms. The van der Waals surface area contributed by atoms with Crippen molar-refractivity contribution in [2.45, 2.75) is 45.6 Å². The van der Waals surface area contributed by atoms with Crippen LogP contribution >= 0.6 is 15.9 Å². The summed E-state index contributed by atoms with van der Waals surface area (Å²) >= 11 is 3.40. The predicted octanol–water partition coefficient (Wildman–Crippen LogP) is 3.30. The summed E-state index contributed by atoms with van der Waals surface area (Å²) in [5.41, 5.74) is 0. The molecule has 0 aliphatic carbocycles. The highest BCUT2D eigenvalue weighted by Gasteiger charge is 2.20. The van der Waals surface area contributed by atoms with Crippen LogP contribution in [0.2, 0.25) is 0 Å². The van der Waals surface area contributed by atoms with E-state index in [1.807, 2.05) is 0 Å². The molecule has 1 aliphatic rings. The van der Waals surface area contributed by atoms with Crippen LogP contribution in [0.3, 0.4) is 0 Å². The molecule has 1 heterocycles. The first-order valence-electron chi connectivity index (χ1n) is 6.70. The number of hydrogen-bond acceptors (Lipinski definition) is 2. The van der Waals surface area contributed by atoms with Crippen molar-refractivity contribution in [1.82, 2.24) is 4.90 Å². The first-order chi connectivity index (χ1) is 7.80. The minimum atomic E-state index is 0.510. The van der Waals surface area contributed by atoms with E-state index in [1.165, 1.54) is 45.3 Å². The van der Waals surface area contributed by atoms with Gasteiger partial charge in [0.25, 0.3) is 0 Å². The van der Waals surface area contributed by atoms with Crippen LogP contribution in [-0.4, -0.2) is 42.6 Å². The molecule has 0 amide bonds. The van der Waals surface area contributed by atoms with E-state index in [9.17, 15) is 0 Å². The monoisotopic (exact) mass is 291 g/mol. The smallest absolute Gasteiger partial charge is 0.0599 e. The standard InChI is InChI=1S/C13H26BrNO/c1-3-12(4-2)11-15-8-5-13(6-9-15)16-10-7-14/h12-13H,3-11H2,1-2H3. The van der Waals surface area contributed by atoms with Crippen molar-refractivity contribution < 1.29 is 4.74 Å². The van der Waals surface area contributed by atoms with E-state index >= 15 is 0 Å². The Kier molecular flexibility index (Phi) is 7.67. The molecule has 0 aromatic carbocycles. The first kappa shape index (κ1) is 14.5. The van der Waals surface area contributed by atoms with Gasteiger partial charge in [0.1, 0.15) is 0 Å². The maximum atomic E-state index is 5.76. The maximum absolute atomic E-state index is 5.76. The molecular formula is C13H26BrNO. The van der Waals surface area contributed by atoms with Crippen LogP contribution in [0.5, 0.6) is 0 Å². The number of likely N-dealkylation sites (tertiary alicyclic amines) is 1. The van der Waals surface area contributed by atoms with Crippen LogP contribution in [0.4, 0.5) is 0 Å². The lowest BCUT2D eigenvalue weighted by Crippen LogP contribution is -2.39. The fourth-order valence-corrected chi connectivity index (χ4v) is 2.57. The first-order valence-corrected chi connectivity index (χ1v) is 7.82. The van der Waals surface area contributed by atoms with Crippen LogP contribution in [0.25, 0.3) is 0 Å². The fourth-order valence-electron chi connectivity index (χ4n) is 2.38. The molecule has 1 saturated heterocycles. The van der Waals surface area contributed by atoms with E-state index in [-0.39, 0.29) is 0 Å². The molecule has 1 fully saturated rings. The number of alkyl halides is 1. The molecule has 0 unspecified atom stereocenters. The number of piperidine rings is 1. The Labute approximate surface area is 109 Å². The van der Waals surface area contributed by atoms with Gasteiger partial charge in [-0.2, -0.15) is 0 Å². The second-order valence-electron chi connectivity index (χ2n) is 4.74. The molecule has 0 N–H and O–H groups in total. The molecule has 1 aliphatic heterocycles. The zero-order valence-electron chi connectivity index (χ0n) is 10.8. The van der Waals surface area contributed by atoms with Gasteiger partial charge in [-0.05, 0) is 18.8 Å². The summed E-state index contributed by atoms with van der Waals surface area (Å²) in [7, 11) is 0. The van der Waals surface area contributed by atoms with Crippen molar-refractivity contribution in [2.24, 2.45) is 5.92 Å². The quantitative estimate of drug-likeness (QED) is 0.668. The molecular weight excluding hydrogens is 266 g/mol. The largest absolute Gasteiger partial charge is 0.377 e. The van der Waals surface area contributed by atoms with E-state index in [4.69, 9.17) is 4.74 Å². The van der Waals surface area contributed by atoms with Gasteiger partial charge < -0.3 is 9.64 Å². The lowest BCUT2D eigenvalue weighted by atomic mass is 10.0. The molecule has 1 rings (SSSR count). The average Bonchev–Trinajstić information content (AvgIpc) is 2.35. The Morgan fingerprint density at radius 1 is 1.25 bits per heavy atom. The molecule has 0 saturated carbocycles. The summed E-state index contributed by atoms with van der Waals surface area (Å²) < 4.78 is 5.76. The second kappa shape index (κ2) is 8.48. The average molecular weight is 292 g/mol. The van der Waals surface area contributed by atoms with Crippen LogP contribution in [0.1, 0.15) is 39.5 Å². The Morgan fingerprint density at radius 3 is 2.38 bits per heavy atom. The summed E-state index contributed by atoms with van der Waals surface area (Å²) in [4.78, 5) is 2.62. The topological polar surface area (TPSA) is 12.5 Å². The minimum Gasteiger partial charge on any atom is -0.377 e. The van der Waals surface area contributed by atoms with Crippen molar-refractivity contribution >= 4 is 15.9 Å². The van der Waals surface area contributed by atoms with Gasteiger partial charge in [-0.15, -0.1) is 0 Å². The van der Waals surface area contributed by atoms with E-state index in [2.05, 4.69) is 34.7 Å². The molecule has 3 heteroatoms. The Hall–Kier alpha value is 0.400. The van der Waals surface area contributed by atoms with E-state index < -0.39 is 0 Å². The van der Waals surface area contributed by atoms with Gasteiger partial charge in [0.2, 0.25) is 0 Å². The minimum absolute atomic E-state index is 0.510. The van der Waals surface area contributed by atoms with Crippen LogP contribution in [0.15, 0.2) is 0 Å². The highest BCUT2D eigenvalue weighted by atomic mass is 79.9. The van der Waals surface area contributed by atoms with Crippen LogP contribution in [-0.2, 0) is 4.74 Å². The summed E-state index contributed by atoms with van der Waals surface area (Å²) in [5.74, 6) is 0.889. The lowest BCUT2D eigenvalue weighted by molar-refractivity contribution is 0.0124. The molecule has 0 aromatic rings. The third kappa shape index (κ3) is 5.15. The van der Waals surface area contributed by atoms with Gasteiger partial charge in [-0.25, -0.2) is 0 Å². The summed E-state index contributed by atoms with van der Waals surface area (Å²) in [6.45, 7) is 9.21. The number of nitrogens with zero attached hydrogens (tertiary/aromatic N) is 1. The maximum Gasteiger partial charge on any atom is 0.0599 e. The zero-order chi connectivity index (χ0) is 11.8. The van der Waals surface area contributed by atoms with Gasteiger partial charge in [0.05, 0.1) is 12.7 Å². The van der Waals surface area contributed by atoms with E-state index in [0.717, 1.165) is 17.9 Å². The van der Waals surface area contributed by atoms with Gasteiger partial charge in [-0.3, -0.25) is 0 Å². The molecule has 96 valence electrons.